The summed E-state index contributed by atoms with van der Waals surface area (Å²) in [5.74, 6) is 2.73. The number of pyridine rings is 1. The summed E-state index contributed by atoms with van der Waals surface area (Å²) in [5, 5.41) is 7.85. The van der Waals surface area contributed by atoms with Crippen LogP contribution in [0.15, 0.2) is 29.5 Å². The number of nitrogens with one attached hydrogen (secondary N) is 2. The molecule has 27 heavy (non-hydrogen) atoms. The fourth-order valence-electron chi connectivity index (χ4n) is 3.16. The Hall–Kier alpha value is -2.15. The molecule has 0 spiro atoms. The summed E-state index contributed by atoms with van der Waals surface area (Å²) < 4.78 is 0. The van der Waals surface area contributed by atoms with Crippen LogP contribution in [0.5, 0.6) is 0 Å². The van der Waals surface area contributed by atoms with E-state index in [2.05, 4.69) is 56.5 Å². The molecule has 0 aromatic carbocycles. The molecular weight excluding hydrogens is 356 g/mol. The molecule has 3 rings (SSSR count). The minimum Gasteiger partial charge on any atom is -0.357 e. The third-order valence-corrected chi connectivity index (χ3v) is 5.87. The van der Waals surface area contributed by atoms with Gasteiger partial charge in [-0.2, -0.15) is 0 Å². The predicted octanol–water partition coefficient (Wildman–Crippen LogP) is 2.99. The Kier molecular flexibility index (Phi) is 7.04. The number of aryl methyl sites for hydroxylation is 1. The lowest BCUT2D eigenvalue weighted by molar-refractivity contribution is 0.436. The lowest BCUT2D eigenvalue weighted by Gasteiger charge is -2.31. The van der Waals surface area contributed by atoms with E-state index in [0.29, 0.717) is 6.54 Å². The first-order chi connectivity index (χ1) is 13.1. The van der Waals surface area contributed by atoms with Gasteiger partial charge < -0.3 is 15.5 Å². The largest absolute Gasteiger partial charge is 0.357 e. The van der Waals surface area contributed by atoms with Crippen LogP contribution in [0.3, 0.4) is 0 Å². The van der Waals surface area contributed by atoms with Crippen LogP contribution in [0.25, 0.3) is 0 Å². The van der Waals surface area contributed by atoms with Crippen LogP contribution in [-0.2, 0) is 13.0 Å². The number of hydrogen-bond acceptors (Lipinski definition) is 5. The summed E-state index contributed by atoms with van der Waals surface area (Å²) in [5.41, 5.74) is 1.16. The second-order valence-corrected chi connectivity index (χ2v) is 8.48. The monoisotopic (exact) mass is 386 g/mol. The Morgan fingerprint density at radius 3 is 2.67 bits per heavy atom. The highest BCUT2D eigenvalue weighted by atomic mass is 32.1. The first kappa shape index (κ1) is 19.6. The van der Waals surface area contributed by atoms with Gasteiger partial charge in [0.1, 0.15) is 5.82 Å². The van der Waals surface area contributed by atoms with Crippen molar-refractivity contribution in [3.05, 3.63) is 40.0 Å². The average Bonchev–Trinajstić information content (AvgIpc) is 3.11. The molecule has 0 aliphatic carbocycles. The Bertz CT molecular complexity index is 731. The first-order valence-electron chi connectivity index (χ1n) is 9.69. The average molecular weight is 387 g/mol. The predicted molar refractivity (Wildman–Crippen MR) is 114 cm³/mol. The highest BCUT2D eigenvalue weighted by molar-refractivity contribution is 7.11. The smallest absolute Gasteiger partial charge is 0.191 e. The molecule has 1 fully saturated rings. The van der Waals surface area contributed by atoms with Gasteiger partial charge in [-0.25, -0.2) is 9.97 Å². The van der Waals surface area contributed by atoms with E-state index in [0.717, 1.165) is 54.3 Å². The summed E-state index contributed by atoms with van der Waals surface area (Å²) >= 11 is 1.75. The van der Waals surface area contributed by atoms with Crippen molar-refractivity contribution in [2.75, 3.05) is 31.6 Å². The van der Waals surface area contributed by atoms with Gasteiger partial charge in [0.05, 0.1) is 5.01 Å². The molecule has 2 N–H and O–H groups in total. The zero-order chi connectivity index (χ0) is 19.1. The second kappa shape index (κ2) is 9.69. The number of anilines is 1. The van der Waals surface area contributed by atoms with Crippen molar-refractivity contribution in [1.29, 1.82) is 0 Å². The maximum Gasteiger partial charge on any atom is 0.191 e. The van der Waals surface area contributed by atoms with Gasteiger partial charge in [0.15, 0.2) is 5.96 Å². The molecule has 1 aliphatic rings. The minimum absolute atomic E-state index is 0.709. The molecule has 6 nitrogen and oxygen atoms in total. The fraction of sp³-hybridized carbons (Fsp3) is 0.550. The SMILES string of the molecule is CN=C(NCCc1ncc(C)s1)NCc1ccc(N2CCC(C)CC2)nc1. The Balaban J connectivity index is 1.42. The lowest BCUT2D eigenvalue weighted by atomic mass is 9.99. The van der Waals surface area contributed by atoms with E-state index < -0.39 is 0 Å². The molecule has 0 atom stereocenters. The molecule has 0 saturated carbocycles. The van der Waals surface area contributed by atoms with Gasteiger partial charge in [-0.3, -0.25) is 4.99 Å². The van der Waals surface area contributed by atoms with Gasteiger partial charge in [0, 0.05) is 56.9 Å². The number of aromatic nitrogens is 2. The molecule has 0 bridgehead atoms. The number of nitrogens with zero attached hydrogens (tertiary/aromatic N) is 4. The first-order valence-corrected chi connectivity index (χ1v) is 10.5. The summed E-state index contributed by atoms with van der Waals surface area (Å²) in [6.45, 7) is 8.16. The molecule has 1 aliphatic heterocycles. The van der Waals surface area contributed by atoms with Crippen molar-refractivity contribution in [3.8, 4) is 0 Å². The molecule has 7 heteroatoms. The number of guanidine groups is 1. The maximum absolute atomic E-state index is 4.65. The second-order valence-electron chi connectivity index (χ2n) is 7.16. The summed E-state index contributed by atoms with van der Waals surface area (Å²) in [4.78, 5) is 17.0. The van der Waals surface area contributed by atoms with Crippen molar-refractivity contribution in [3.63, 3.8) is 0 Å². The van der Waals surface area contributed by atoms with Crippen molar-refractivity contribution in [2.45, 2.75) is 39.7 Å². The number of thiazole rings is 1. The molecule has 1 saturated heterocycles. The van der Waals surface area contributed by atoms with Crippen LogP contribution in [-0.4, -0.2) is 42.6 Å². The zero-order valence-electron chi connectivity index (χ0n) is 16.5. The molecule has 3 heterocycles. The normalized spacial score (nSPS) is 15.8. The zero-order valence-corrected chi connectivity index (χ0v) is 17.4. The van der Waals surface area contributed by atoms with Gasteiger partial charge in [0.2, 0.25) is 0 Å². The van der Waals surface area contributed by atoms with Crippen molar-refractivity contribution < 1.29 is 0 Å². The molecule has 146 valence electrons. The number of rotatable bonds is 6. The highest BCUT2D eigenvalue weighted by Crippen LogP contribution is 2.21. The van der Waals surface area contributed by atoms with Crippen LogP contribution in [0.4, 0.5) is 5.82 Å². The van der Waals surface area contributed by atoms with Gasteiger partial charge in [-0.15, -0.1) is 11.3 Å². The van der Waals surface area contributed by atoms with Crippen molar-refractivity contribution >= 4 is 23.1 Å². The Morgan fingerprint density at radius 1 is 1.22 bits per heavy atom. The number of piperidine rings is 1. The molecular formula is C20H30N6S. The van der Waals surface area contributed by atoms with Crippen molar-refractivity contribution in [2.24, 2.45) is 10.9 Å². The van der Waals surface area contributed by atoms with Crippen LogP contribution in [0.1, 0.15) is 35.2 Å². The van der Waals surface area contributed by atoms with E-state index in [-0.39, 0.29) is 0 Å². The van der Waals surface area contributed by atoms with E-state index in [9.17, 15) is 0 Å². The van der Waals surface area contributed by atoms with Gasteiger partial charge in [-0.05, 0) is 37.3 Å². The van der Waals surface area contributed by atoms with Crippen molar-refractivity contribution in [1.82, 2.24) is 20.6 Å². The third-order valence-electron chi connectivity index (χ3n) is 4.90. The maximum atomic E-state index is 4.65. The summed E-state index contributed by atoms with van der Waals surface area (Å²) in [6.07, 6.45) is 7.31. The van der Waals surface area contributed by atoms with Crippen LogP contribution < -0.4 is 15.5 Å². The standard InChI is InChI=1S/C20H30N6S/c1-15-7-10-26(11-8-15)18-5-4-17(13-23-18)14-25-20(21-3)22-9-6-19-24-12-16(2)27-19/h4-5,12-13,15H,6-11,14H2,1-3H3,(H2,21,22,25). The van der Waals surface area contributed by atoms with Crippen LogP contribution >= 0.6 is 11.3 Å². The van der Waals surface area contributed by atoms with E-state index >= 15 is 0 Å². The van der Waals surface area contributed by atoms with Crippen LogP contribution in [0.2, 0.25) is 0 Å². The molecule has 0 unspecified atom stereocenters. The molecule has 0 amide bonds. The molecule has 0 radical (unpaired) electrons. The quantitative estimate of drug-likeness (QED) is 0.590. The Morgan fingerprint density at radius 2 is 2.04 bits per heavy atom. The van der Waals surface area contributed by atoms with E-state index in [1.165, 1.54) is 17.7 Å². The van der Waals surface area contributed by atoms with Crippen LogP contribution in [0, 0.1) is 12.8 Å². The molecule has 2 aromatic rings. The van der Waals surface area contributed by atoms with E-state index in [1.807, 2.05) is 12.4 Å². The fourth-order valence-corrected chi connectivity index (χ4v) is 3.94. The number of hydrogen-bond donors (Lipinski definition) is 2. The topological polar surface area (TPSA) is 65.4 Å². The summed E-state index contributed by atoms with van der Waals surface area (Å²) in [7, 11) is 1.79. The summed E-state index contributed by atoms with van der Waals surface area (Å²) in [6, 6.07) is 4.28. The van der Waals surface area contributed by atoms with Gasteiger partial charge in [-0.1, -0.05) is 13.0 Å². The Labute approximate surface area is 166 Å². The van der Waals surface area contributed by atoms with E-state index in [1.54, 1.807) is 18.4 Å². The van der Waals surface area contributed by atoms with E-state index in [4.69, 9.17) is 0 Å². The third kappa shape index (κ3) is 5.92. The highest BCUT2D eigenvalue weighted by Gasteiger charge is 2.16. The molecule has 2 aromatic heterocycles. The van der Waals surface area contributed by atoms with Gasteiger partial charge >= 0.3 is 0 Å². The number of aliphatic imine (C=N–C) groups is 1. The lowest BCUT2D eigenvalue weighted by Crippen LogP contribution is -2.38. The van der Waals surface area contributed by atoms with Gasteiger partial charge in [0.25, 0.3) is 0 Å². The minimum atomic E-state index is 0.709.